The Kier molecular flexibility index (Phi) is 2.56. The molecule has 1 aromatic carbocycles. The molecule has 2 aromatic rings. The van der Waals surface area contributed by atoms with Crippen LogP contribution in [-0.4, -0.2) is 15.0 Å². The normalized spacial score (nSPS) is 12.6. The summed E-state index contributed by atoms with van der Waals surface area (Å²) in [6, 6.07) is 10.1. The molecule has 3 rings (SSSR count). The van der Waals surface area contributed by atoms with Crippen LogP contribution in [0.3, 0.4) is 0 Å². The second-order valence-corrected chi connectivity index (χ2v) is 3.81. The number of benzene rings is 1. The molecule has 0 amide bonds. The molecular weight excluding hydrogens is 230 g/mol. The van der Waals surface area contributed by atoms with E-state index >= 15 is 0 Å². The topological polar surface area (TPSA) is 78.4 Å². The van der Waals surface area contributed by atoms with E-state index in [0.29, 0.717) is 24.3 Å². The maximum absolute atomic E-state index is 4.22. The molecule has 0 saturated carbocycles. The predicted molar refractivity (Wildman–Crippen MR) is 65.7 cm³/mol. The molecule has 2 heterocycles. The SMILES string of the molecule is Cc1nc(NCc2ccccc2)nc(N2N=N2)n1. The molecule has 1 N–H and O–H groups in total. The minimum atomic E-state index is 0.443. The summed E-state index contributed by atoms with van der Waals surface area (Å²) in [6.45, 7) is 2.47. The summed E-state index contributed by atoms with van der Waals surface area (Å²) in [5.41, 5.74) is 1.17. The first-order valence-corrected chi connectivity index (χ1v) is 5.53. The molecule has 7 nitrogen and oxygen atoms in total. The zero-order valence-corrected chi connectivity index (χ0v) is 9.78. The van der Waals surface area contributed by atoms with E-state index < -0.39 is 0 Å². The molecule has 1 aliphatic heterocycles. The van der Waals surface area contributed by atoms with Gasteiger partial charge in [0.05, 0.1) is 0 Å². The molecule has 90 valence electrons. The van der Waals surface area contributed by atoms with Crippen LogP contribution in [0.4, 0.5) is 11.9 Å². The van der Waals surface area contributed by atoms with Gasteiger partial charge in [0.15, 0.2) is 0 Å². The van der Waals surface area contributed by atoms with Crippen LogP contribution in [0.2, 0.25) is 0 Å². The van der Waals surface area contributed by atoms with Crippen LogP contribution in [0.1, 0.15) is 11.4 Å². The molecule has 0 atom stereocenters. The second kappa shape index (κ2) is 4.36. The van der Waals surface area contributed by atoms with Crippen molar-refractivity contribution in [3.8, 4) is 0 Å². The van der Waals surface area contributed by atoms with Gasteiger partial charge in [-0.15, -0.1) is 0 Å². The number of anilines is 2. The minimum absolute atomic E-state index is 0.443. The third-order valence-corrected chi connectivity index (χ3v) is 2.39. The number of hydrogen-bond donors (Lipinski definition) is 1. The maximum atomic E-state index is 4.22. The molecule has 0 radical (unpaired) electrons. The first-order valence-electron chi connectivity index (χ1n) is 5.53. The first-order chi connectivity index (χ1) is 8.81. The van der Waals surface area contributed by atoms with Gasteiger partial charge >= 0.3 is 0 Å². The minimum Gasteiger partial charge on any atom is -0.350 e. The third kappa shape index (κ3) is 2.40. The number of aryl methyl sites for hydroxylation is 1. The molecule has 0 unspecified atom stereocenters. The van der Waals surface area contributed by atoms with Gasteiger partial charge in [-0.2, -0.15) is 15.0 Å². The highest BCUT2D eigenvalue weighted by Gasteiger charge is 2.19. The maximum Gasteiger partial charge on any atom is 0.277 e. The van der Waals surface area contributed by atoms with Gasteiger partial charge in [-0.25, -0.2) is 0 Å². The molecule has 0 bridgehead atoms. The Hall–Kier alpha value is -2.57. The third-order valence-electron chi connectivity index (χ3n) is 2.39. The van der Waals surface area contributed by atoms with Gasteiger partial charge in [-0.3, -0.25) is 0 Å². The fraction of sp³-hybridized carbons (Fsp3) is 0.182. The van der Waals surface area contributed by atoms with E-state index in [-0.39, 0.29) is 0 Å². The van der Waals surface area contributed by atoms with Crippen molar-refractivity contribution in [3.63, 3.8) is 0 Å². The summed E-state index contributed by atoms with van der Waals surface area (Å²) in [7, 11) is 0. The van der Waals surface area contributed by atoms with E-state index in [1.807, 2.05) is 37.3 Å². The number of nitrogens with zero attached hydrogens (tertiary/aromatic N) is 6. The molecule has 1 aromatic heterocycles. The van der Waals surface area contributed by atoms with Gasteiger partial charge < -0.3 is 5.32 Å². The standard InChI is InChI=1S/C11H11N7/c1-8-13-10(15-11(14-8)18-16-17-18)12-7-9-5-3-2-4-6-9/h2-6H,7H2,1H3,(H,12,13,14,15). The van der Waals surface area contributed by atoms with E-state index in [4.69, 9.17) is 0 Å². The Bertz CT molecular complexity index is 575. The van der Waals surface area contributed by atoms with Crippen LogP contribution in [-0.2, 0) is 6.54 Å². The van der Waals surface area contributed by atoms with Crippen molar-refractivity contribution in [2.45, 2.75) is 13.5 Å². The molecule has 0 spiro atoms. The highest BCUT2D eigenvalue weighted by Crippen LogP contribution is 2.19. The predicted octanol–water partition coefficient (Wildman–Crippen LogP) is 1.89. The lowest BCUT2D eigenvalue weighted by molar-refractivity contribution is 0.928. The average molecular weight is 241 g/mol. The average Bonchev–Trinajstić information content (AvgIpc) is 3.21. The highest BCUT2D eigenvalue weighted by atomic mass is 15.9. The smallest absolute Gasteiger partial charge is 0.277 e. The summed E-state index contributed by atoms with van der Waals surface area (Å²) in [4.78, 5) is 12.6. The van der Waals surface area contributed by atoms with Gasteiger partial charge in [0.25, 0.3) is 5.95 Å². The molecule has 18 heavy (non-hydrogen) atoms. The molecule has 0 saturated heterocycles. The van der Waals surface area contributed by atoms with Crippen LogP contribution < -0.4 is 10.4 Å². The molecular formula is C11H11N7. The van der Waals surface area contributed by atoms with Crippen LogP contribution >= 0.6 is 0 Å². The molecule has 0 fully saturated rings. The van der Waals surface area contributed by atoms with E-state index in [9.17, 15) is 0 Å². The van der Waals surface area contributed by atoms with Crippen molar-refractivity contribution >= 4 is 11.9 Å². The number of aromatic nitrogens is 3. The lowest BCUT2D eigenvalue weighted by Crippen LogP contribution is -2.08. The zero-order chi connectivity index (χ0) is 12.4. The Morgan fingerprint density at radius 3 is 2.56 bits per heavy atom. The molecule has 0 aliphatic carbocycles. The summed E-state index contributed by atoms with van der Waals surface area (Å²) >= 11 is 0. The quantitative estimate of drug-likeness (QED) is 0.884. The summed E-state index contributed by atoms with van der Waals surface area (Å²) in [6.07, 6.45) is 0. The fourth-order valence-electron chi connectivity index (χ4n) is 1.51. The highest BCUT2D eigenvalue weighted by molar-refractivity contribution is 5.37. The summed E-state index contributed by atoms with van der Waals surface area (Å²) in [5.74, 6) is 1.60. The van der Waals surface area contributed by atoms with Crippen molar-refractivity contribution < 1.29 is 0 Å². The van der Waals surface area contributed by atoms with Crippen molar-refractivity contribution in [1.82, 2.24) is 15.0 Å². The van der Waals surface area contributed by atoms with Crippen molar-refractivity contribution in [2.75, 3.05) is 10.4 Å². The second-order valence-electron chi connectivity index (χ2n) is 3.81. The lowest BCUT2D eigenvalue weighted by atomic mass is 10.2. The molecule has 1 aliphatic rings. The van der Waals surface area contributed by atoms with Gasteiger partial charge in [-0.1, -0.05) is 35.4 Å². The van der Waals surface area contributed by atoms with Crippen LogP contribution in [0, 0.1) is 6.92 Å². The van der Waals surface area contributed by atoms with E-state index in [1.165, 1.54) is 10.7 Å². The summed E-state index contributed by atoms with van der Waals surface area (Å²) in [5, 5.41) is 11.8. The van der Waals surface area contributed by atoms with Crippen LogP contribution in [0.25, 0.3) is 0 Å². The fourth-order valence-corrected chi connectivity index (χ4v) is 1.51. The number of hydrogen-bond acceptors (Lipinski definition) is 7. The van der Waals surface area contributed by atoms with Gasteiger partial charge in [0, 0.05) is 6.54 Å². The lowest BCUT2D eigenvalue weighted by Gasteiger charge is -2.06. The Morgan fingerprint density at radius 1 is 1.06 bits per heavy atom. The van der Waals surface area contributed by atoms with Gasteiger partial charge in [0.2, 0.25) is 5.95 Å². The van der Waals surface area contributed by atoms with Crippen LogP contribution in [0.15, 0.2) is 40.8 Å². The van der Waals surface area contributed by atoms with Crippen molar-refractivity contribution in [3.05, 3.63) is 41.7 Å². The Morgan fingerprint density at radius 2 is 1.83 bits per heavy atom. The van der Waals surface area contributed by atoms with Crippen molar-refractivity contribution in [2.24, 2.45) is 10.4 Å². The Labute approximate surface area is 104 Å². The van der Waals surface area contributed by atoms with Gasteiger partial charge in [0.1, 0.15) is 5.82 Å². The van der Waals surface area contributed by atoms with E-state index in [0.717, 1.165) is 0 Å². The van der Waals surface area contributed by atoms with Gasteiger partial charge in [-0.05, 0) is 22.9 Å². The molecule has 7 heteroatoms. The largest absolute Gasteiger partial charge is 0.350 e. The van der Waals surface area contributed by atoms with E-state index in [1.54, 1.807) is 0 Å². The van der Waals surface area contributed by atoms with Crippen LogP contribution in [0.5, 0.6) is 0 Å². The number of nitrogens with one attached hydrogen (secondary N) is 1. The monoisotopic (exact) mass is 241 g/mol. The van der Waals surface area contributed by atoms with E-state index in [2.05, 4.69) is 30.7 Å². The number of rotatable bonds is 4. The first kappa shape index (κ1) is 10.6. The van der Waals surface area contributed by atoms with Crippen molar-refractivity contribution in [1.29, 1.82) is 0 Å². The Balaban J connectivity index is 1.72. The zero-order valence-electron chi connectivity index (χ0n) is 9.78. The summed E-state index contributed by atoms with van der Waals surface area (Å²) < 4.78 is 0.